The fraction of sp³-hybridized carbons (Fsp3) is 0.100. The van der Waals surface area contributed by atoms with E-state index in [0.29, 0.717) is 5.56 Å². The van der Waals surface area contributed by atoms with Crippen molar-refractivity contribution in [3.05, 3.63) is 78.4 Å². The molecule has 0 aliphatic rings. The van der Waals surface area contributed by atoms with E-state index in [9.17, 15) is 21.6 Å². The predicted molar refractivity (Wildman–Crippen MR) is 97.7 cm³/mol. The quantitative estimate of drug-likeness (QED) is 0.431. The summed E-state index contributed by atoms with van der Waals surface area (Å²) in [5.74, 6) is -0.391. The average Bonchev–Trinajstić information content (AvgIpc) is 2.63. The van der Waals surface area contributed by atoms with Gasteiger partial charge in [-0.25, -0.2) is 0 Å². The molecule has 0 aliphatic carbocycles. The molecule has 0 aromatic heterocycles. The standard InChI is InChI=1S/C20H15F3O3S/c1-14-10-11-18(26-27(24,25)20(21,22)23)13-19(14)17-9-5-8-16(12-17)15-6-3-2-4-7-15/h2-13H,1H3. The van der Waals surface area contributed by atoms with Gasteiger partial charge < -0.3 is 4.18 Å². The monoisotopic (exact) mass is 392 g/mol. The normalized spacial score (nSPS) is 12.0. The molecule has 0 atom stereocenters. The lowest BCUT2D eigenvalue weighted by Gasteiger charge is -2.13. The van der Waals surface area contributed by atoms with E-state index in [4.69, 9.17) is 0 Å². The van der Waals surface area contributed by atoms with Crippen molar-refractivity contribution in [2.45, 2.75) is 12.4 Å². The third kappa shape index (κ3) is 4.14. The van der Waals surface area contributed by atoms with Crippen LogP contribution in [0.4, 0.5) is 13.2 Å². The highest BCUT2D eigenvalue weighted by atomic mass is 32.2. The second-order valence-electron chi connectivity index (χ2n) is 5.91. The van der Waals surface area contributed by atoms with Crippen LogP contribution in [0.25, 0.3) is 22.3 Å². The fourth-order valence-corrected chi connectivity index (χ4v) is 3.09. The Bertz CT molecular complexity index is 1060. The summed E-state index contributed by atoms with van der Waals surface area (Å²) in [6, 6.07) is 21.1. The van der Waals surface area contributed by atoms with Crippen LogP contribution in [-0.4, -0.2) is 13.9 Å². The van der Waals surface area contributed by atoms with Crippen LogP contribution in [0.2, 0.25) is 0 Å². The molecular weight excluding hydrogens is 377 g/mol. The van der Waals surface area contributed by atoms with Crippen LogP contribution in [0.5, 0.6) is 5.75 Å². The first-order chi connectivity index (χ1) is 12.7. The molecule has 0 saturated carbocycles. The summed E-state index contributed by atoms with van der Waals surface area (Å²) in [4.78, 5) is 0. The zero-order chi connectivity index (χ0) is 19.7. The molecule has 0 N–H and O–H groups in total. The van der Waals surface area contributed by atoms with E-state index < -0.39 is 21.4 Å². The van der Waals surface area contributed by atoms with Gasteiger partial charge in [-0.15, -0.1) is 0 Å². The van der Waals surface area contributed by atoms with E-state index in [1.165, 1.54) is 18.2 Å². The van der Waals surface area contributed by atoms with Gasteiger partial charge in [-0.2, -0.15) is 21.6 Å². The Hall–Kier alpha value is -2.80. The van der Waals surface area contributed by atoms with Crippen LogP contribution < -0.4 is 4.18 Å². The molecule has 7 heteroatoms. The minimum absolute atomic E-state index is 0.391. The van der Waals surface area contributed by atoms with Crippen molar-refractivity contribution < 1.29 is 25.8 Å². The Morgan fingerprint density at radius 1 is 0.778 bits per heavy atom. The Morgan fingerprint density at radius 2 is 1.41 bits per heavy atom. The van der Waals surface area contributed by atoms with Gasteiger partial charge >= 0.3 is 15.6 Å². The molecule has 3 aromatic carbocycles. The van der Waals surface area contributed by atoms with Gasteiger partial charge in [0.05, 0.1) is 0 Å². The molecule has 27 heavy (non-hydrogen) atoms. The Balaban J connectivity index is 2.01. The molecule has 0 spiro atoms. The maximum Gasteiger partial charge on any atom is 0.534 e. The molecule has 0 fully saturated rings. The lowest BCUT2D eigenvalue weighted by Crippen LogP contribution is -2.28. The van der Waals surface area contributed by atoms with Crippen LogP contribution in [0.3, 0.4) is 0 Å². The Labute approximate surface area is 155 Å². The zero-order valence-electron chi connectivity index (χ0n) is 14.2. The summed E-state index contributed by atoms with van der Waals surface area (Å²) in [6.07, 6.45) is 0. The molecule has 3 aromatic rings. The van der Waals surface area contributed by atoms with Crippen molar-refractivity contribution in [2.75, 3.05) is 0 Å². The summed E-state index contributed by atoms with van der Waals surface area (Å²) < 4.78 is 64.4. The summed E-state index contributed by atoms with van der Waals surface area (Å²) >= 11 is 0. The highest BCUT2D eigenvalue weighted by molar-refractivity contribution is 7.88. The van der Waals surface area contributed by atoms with Gasteiger partial charge in [-0.1, -0.05) is 54.6 Å². The van der Waals surface area contributed by atoms with Crippen LogP contribution >= 0.6 is 0 Å². The minimum Gasteiger partial charge on any atom is -0.376 e. The second kappa shape index (κ2) is 7.08. The van der Waals surface area contributed by atoms with Crippen LogP contribution in [0.1, 0.15) is 5.56 Å². The lowest BCUT2D eigenvalue weighted by atomic mass is 9.96. The molecule has 0 saturated heterocycles. The maximum absolute atomic E-state index is 12.5. The molecule has 3 rings (SSSR count). The van der Waals surface area contributed by atoms with Crippen LogP contribution in [0, 0.1) is 6.92 Å². The third-order valence-corrected chi connectivity index (χ3v) is 4.96. The number of halogens is 3. The summed E-state index contributed by atoms with van der Waals surface area (Å²) in [5.41, 5.74) is -1.46. The number of alkyl halides is 3. The summed E-state index contributed by atoms with van der Waals surface area (Å²) in [6.45, 7) is 1.78. The molecular formula is C20H15F3O3S. The minimum atomic E-state index is -5.71. The predicted octanol–water partition coefficient (Wildman–Crippen LogP) is 5.56. The highest BCUT2D eigenvalue weighted by Crippen LogP contribution is 2.33. The van der Waals surface area contributed by atoms with E-state index in [1.54, 1.807) is 13.0 Å². The van der Waals surface area contributed by atoms with Gasteiger partial charge in [0, 0.05) is 0 Å². The number of rotatable bonds is 4. The van der Waals surface area contributed by atoms with E-state index in [2.05, 4.69) is 4.18 Å². The molecule has 0 aliphatic heterocycles. The number of benzene rings is 3. The average molecular weight is 392 g/mol. The summed E-state index contributed by atoms with van der Waals surface area (Å²) in [5, 5.41) is 0. The molecule has 0 radical (unpaired) electrons. The van der Waals surface area contributed by atoms with Gasteiger partial charge in [-0.3, -0.25) is 0 Å². The fourth-order valence-electron chi connectivity index (χ4n) is 2.63. The van der Waals surface area contributed by atoms with Crippen LogP contribution in [0.15, 0.2) is 72.8 Å². The molecule has 0 amide bonds. The van der Waals surface area contributed by atoms with Crippen molar-refractivity contribution in [2.24, 2.45) is 0 Å². The van der Waals surface area contributed by atoms with Gasteiger partial charge in [0.25, 0.3) is 0 Å². The first-order valence-corrected chi connectivity index (χ1v) is 9.35. The van der Waals surface area contributed by atoms with Crippen molar-refractivity contribution in [3.8, 4) is 28.0 Å². The smallest absolute Gasteiger partial charge is 0.376 e. The maximum atomic E-state index is 12.5. The van der Waals surface area contributed by atoms with E-state index in [1.807, 2.05) is 48.5 Å². The molecule has 0 heterocycles. The van der Waals surface area contributed by atoms with Crippen molar-refractivity contribution >= 4 is 10.1 Å². The Kier molecular flexibility index (Phi) is 4.97. The van der Waals surface area contributed by atoms with E-state index >= 15 is 0 Å². The van der Waals surface area contributed by atoms with Gasteiger partial charge in [-0.05, 0) is 52.9 Å². The molecule has 0 unspecified atom stereocenters. The Morgan fingerprint density at radius 3 is 2.07 bits per heavy atom. The van der Waals surface area contributed by atoms with Crippen molar-refractivity contribution in [1.82, 2.24) is 0 Å². The SMILES string of the molecule is Cc1ccc(OS(=O)(=O)C(F)(F)F)cc1-c1cccc(-c2ccccc2)c1. The largest absolute Gasteiger partial charge is 0.534 e. The lowest BCUT2D eigenvalue weighted by molar-refractivity contribution is -0.0500. The number of hydrogen-bond acceptors (Lipinski definition) is 3. The number of hydrogen-bond donors (Lipinski definition) is 0. The zero-order valence-corrected chi connectivity index (χ0v) is 15.0. The number of aryl methyl sites for hydroxylation is 1. The first-order valence-electron chi connectivity index (χ1n) is 7.95. The molecule has 0 bridgehead atoms. The van der Waals surface area contributed by atoms with Crippen molar-refractivity contribution in [1.29, 1.82) is 0 Å². The van der Waals surface area contributed by atoms with E-state index in [0.717, 1.165) is 22.3 Å². The van der Waals surface area contributed by atoms with E-state index in [-0.39, 0.29) is 0 Å². The van der Waals surface area contributed by atoms with Crippen LogP contribution in [-0.2, 0) is 10.1 Å². The topological polar surface area (TPSA) is 43.4 Å². The molecule has 3 nitrogen and oxygen atoms in total. The van der Waals surface area contributed by atoms with Crippen molar-refractivity contribution in [3.63, 3.8) is 0 Å². The van der Waals surface area contributed by atoms with Gasteiger partial charge in [0.1, 0.15) is 5.75 Å². The first kappa shape index (κ1) is 19.0. The van der Waals surface area contributed by atoms with Gasteiger partial charge in [0.2, 0.25) is 0 Å². The summed E-state index contributed by atoms with van der Waals surface area (Å²) in [7, 11) is -5.71. The third-order valence-electron chi connectivity index (χ3n) is 3.98. The highest BCUT2D eigenvalue weighted by Gasteiger charge is 2.48. The second-order valence-corrected chi connectivity index (χ2v) is 7.44. The molecule has 140 valence electrons. The van der Waals surface area contributed by atoms with Gasteiger partial charge in [0.15, 0.2) is 0 Å².